The first-order valence-corrected chi connectivity index (χ1v) is 6.48. The summed E-state index contributed by atoms with van der Waals surface area (Å²) in [6, 6.07) is 1.78. The molecule has 1 aromatic rings. The van der Waals surface area contributed by atoms with E-state index in [9.17, 15) is 8.42 Å². The smallest absolute Gasteiger partial charge is 0.193 e. The maximum absolute atomic E-state index is 11.2. The average Bonchev–Trinajstić information content (AvgIpc) is 2.01. The second kappa shape index (κ2) is 3.75. The van der Waals surface area contributed by atoms with Crippen molar-refractivity contribution in [2.24, 2.45) is 0 Å². The van der Waals surface area contributed by atoms with Gasteiger partial charge >= 0.3 is 0 Å². The molecule has 13 heavy (non-hydrogen) atoms. The van der Waals surface area contributed by atoms with Gasteiger partial charge in [0.25, 0.3) is 0 Å². The fourth-order valence-electron chi connectivity index (χ4n) is 1.06. The molecule has 0 fully saturated rings. The summed E-state index contributed by atoms with van der Waals surface area (Å²) < 4.78 is 23.3. The van der Waals surface area contributed by atoms with Crippen LogP contribution in [0.5, 0.6) is 0 Å². The molecule has 0 spiro atoms. The fourth-order valence-corrected chi connectivity index (χ4v) is 2.36. The molecule has 0 bridgehead atoms. The topological polar surface area (TPSA) is 47.0 Å². The van der Waals surface area contributed by atoms with Crippen molar-refractivity contribution in [3.8, 4) is 0 Å². The number of aromatic nitrogens is 1. The monoisotopic (exact) mass is 263 g/mol. The Kier molecular flexibility index (Phi) is 3.08. The Hall–Kier alpha value is -0.420. The van der Waals surface area contributed by atoms with Crippen LogP contribution in [-0.4, -0.2) is 19.7 Å². The molecule has 72 valence electrons. The van der Waals surface area contributed by atoms with Gasteiger partial charge in [0.15, 0.2) is 14.9 Å². The Bertz CT molecular complexity index is 414. The first-order chi connectivity index (χ1) is 5.95. The molecule has 0 saturated heterocycles. The molecule has 3 nitrogen and oxygen atoms in total. The van der Waals surface area contributed by atoms with E-state index < -0.39 is 9.84 Å². The third-order valence-electron chi connectivity index (χ3n) is 1.62. The maximum Gasteiger partial charge on any atom is 0.193 e. The predicted molar refractivity (Wildman–Crippen MR) is 54.4 cm³/mol. The lowest BCUT2D eigenvalue weighted by Crippen LogP contribution is -2.04. The maximum atomic E-state index is 11.2. The van der Waals surface area contributed by atoms with Crippen LogP contribution in [0.25, 0.3) is 0 Å². The zero-order valence-electron chi connectivity index (χ0n) is 7.41. The van der Waals surface area contributed by atoms with Gasteiger partial charge in [-0.05, 0) is 34.0 Å². The Labute approximate surface area is 86.2 Å². The molecular weight excluding hydrogens is 254 g/mol. The lowest BCUT2D eigenvalue weighted by molar-refractivity contribution is 0.596. The summed E-state index contributed by atoms with van der Waals surface area (Å²) >= 11 is 3.25. The van der Waals surface area contributed by atoms with E-state index in [1.807, 2.05) is 6.92 Å². The molecule has 0 aromatic carbocycles. The SMILES string of the molecule is CCc1cc(Br)cnc1S(C)(=O)=O. The van der Waals surface area contributed by atoms with Crippen LogP contribution in [0.15, 0.2) is 21.8 Å². The molecule has 0 aliphatic rings. The quantitative estimate of drug-likeness (QED) is 0.818. The van der Waals surface area contributed by atoms with Crippen molar-refractivity contribution in [1.82, 2.24) is 4.98 Å². The number of sulfone groups is 1. The number of aryl methyl sites for hydroxylation is 1. The molecule has 0 radical (unpaired) electrons. The van der Waals surface area contributed by atoms with Gasteiger partial charge in [-0.2, -0.15) is 0 Å². The zero-order valence-corrected chi connectivity index (χ0v) is 9.81. The van der Waals surface area contributed by atoms with E-state index >= 15 is 0 Å². The normalized spacial score (nSPS) is 11.6. The molecule has 0 aliphatic heterocycles. The Morgan fingerprint density at radius 1 is 1.54 bits per heavy atom. The Balaban J connectivity index is 3.39. The molecule has 0 unspecified atom stereocenters. The van der Waals surface area contributed by atoms with E-state index in [-0.39, 0.29) is 5.03 Å². The molecule has 5 heteroatoms. The highest BCUT2D eigenvalue weighted by Gasteiger charge is 2.13. The first kappa shape index (κ1) is 10.7. The van der Waals surface area contributed by atoms with Crippen molar-refractivity contribution in [2.45, 2.75) is 18.4 Å². The number of pyridine rings is 1. The summed E-state index contributed by atoms with van der Waals surface area (Å²) in [5.74, 6) is 0. The predicted octanol–water partition coefficient (Wildman–Crippen LogP) is 1.81. The first-order valence-electron chi connectivity index (χ1n) is 3.79. The van der Waals surface area contributed by atoms with Gasteiger partial charge in [0.1, 0.15) is 0 Å². The third-order valence-corrected chi connectivity index (χ3v) is 3.13. The van der Waals surface area contributed by atoms with Gasteiger partial charge in [0.05, 0.1) is 0 Å². The molecular formula is C8H10BrNO2S. The largest absolute Gasteiger partial charge is 0.243 e. The molecule has 1 heterocycles. The molecule has 0 saturated carbocycles. The van der Waals surface area contributed by atoms with Gasteiger partial charge in [0, 0.05) is 16.9 Å². The van der Waals surface area contributed by atoms with Gasteiger partial charge in [-0.25, -0.2) is 13.4 Å². The van der Waals surface area contributed by atoms with Gasteiger partial charge in [0.2, 0.25) is 0 Å². The lowest BCUT2D eigenvalue weighted by Gasteiger charge is -2.04. The highest BCUT2D eigenvalue weighted by atomic mass is 79.9. The standard InChI is InChI=1S/C8H10BrNO2S/c1-3-6-4-7(9)5-10-8(6)13(2,11)12/h4-5H,3H2,1-2H3. The number of hydrogen-bond donors (Lipinski definition) is 0. The summed E-state index contributed by atoms with van der Waals surface area (Å²) in [7, 11) is -3.19. The molecule has 0 amide bonds. The third kappa shape index (κ3) is 2.51. The van der Waals surface area contributed by atoms with Gasteiger partial charge in [-0.1, -0.05) is 6.92 Å². The Morgan fingerprint density at radius 2 is 2.15 bits per heavy atom. The van der Waals surface area contributed by atoms with Gasteiger partial charge < -0.3 is 0 Å². The molecule has 1 rings (SSSR count). The van der Waals surface area contributed by atoms with Crippen LogP contribution >= 0.6 is 15.9 Å². The van der Waals surface area contributed by atoms with Crippen molar-refractivity contribution in [3.05, 3.63) is 22.3 Å². The van der Waals surface area contributed by atoms with Crippen LogP contribution in [0.1, 0.15) is 12.5 Å². The summed E-state index contributed by atoms with van der Waals surface area (Å²) in [5, 5.41) is 0.179. The van der Waals surface area contributed by atoms with Crippen LogP contribution in [0.3, 0.4) is 0 Å². The number of rotatable bonds is 2. The minimum atomic E-state index is -3.19. The summed E-state index contributed by atoms with van der Waals surface area (Å²) in [5.41, 5.74) is 0.747. The summed E-state index contributed by atoms with van der Waals surface area (Å²) in [4.78, 5) is 3.89. The van der Waals surface area contributed by atoms with Crippen molar-refractivity contribution >= 4 is 25.8 Å². The van der Waals surface area contributed by atoms with Gasteiger partial charge in [-0.3, -0.25) is 0 Å². The molecule has 1 aromatic heterocycles. The van der Waals surface area contributed by atoms with E-state index in [0.29, 0.717) is 6.42 Å². The second-order valence-corrected chi connectivity index (χ2v) is 5.59. The summed E-state index contributed by atoms with van der Waals surface area (Å²) in [6.07, 6.45) is 3.33. The average molecular weight is 264 g/mol. The highest BCUT2D eigenvalue weighted by Crippen LogP contribution is 2.18. The minimum Gasteiger partial charge on any atom is -0.243 e. The fraction of sp³-hybridized carbons (Fsp3) is 0.375. The van der Waals surface area contributed by atoms with Crippen LogP contribution in [0.4, 0.5) is 0 Å². The second-order valence-electron chi connectivity index (χ2n) is 2.74. The van der Waals surface area contributed by atoms with E-state index in [4.69, 9.17) is 0 Å². The number of hydrogen-bond acceptors (Lipinski definition) is 3. The highest BCUT2D eigenvalue weighted by molar-refractivity contribution is 9.10. The van der Waals surface area contributed by atoms with E-state index in [1.54, 1.807) is 6.07 Å². The van der Waals surface area contributed by atoms with Crippen LogP contribution in [0.2, 0.25) is 0 Å². The van der Waals surface area contributed by atoms with Crippen molar-refractivity contribution in [3.63, 3.8) is 0 Å². The summed E-state index contributed by atoms with van der Waals surface area (Å²) in [6.45, 7) is 1.90. The van der Waals surface area contributed by atoms with E-state index in [0.717, 1.165) is 10.0 Å². The van der Waals surface area contributed by atoms with Crippen LogP contribution in [0, 0.1) is 0 Å². The number of halogens is 1. The molecule has 0 atom stereocenters. The Morgan fingerprint density at radius 3 is 2.62 bits per heavy atom. The van der Waals surface area contributed by atoms with E-state index in [2.05, 4.69) is 20.9 Å². The van der Waals surface area contributed by atoms with Gasteiger partial charge in [-0.15, -0.1) is 0 Å². The number of nitrogens with zero attached hydrogens (tertiary/aromatic N) is 1. The van der Waals surface area contributed by atoms with Crippen LogP contribution < -0.4 is 0 Å². The minimum absolute atomic E-state index is 0.179. The van der Waals surface area contributed by atoms with E-state index in [1.165, 1.54) is 12.5 Å². The van der Waals surface area contributed by atoms with Crippen molar-refractivity contribution in [2.75, 3.05) is 6.26 Å². The van der Waals surface area contributed by atoms with Crippen molar-refractivity contribution in [1.29, 1.82) is 0 Å². The molecule has 0 N–H and O–H groups in total. The molecule has 0 aliphatic carbocycles. The van der Waals surface area contributed by atoms with Crippen LogP contribution in [-0.2, 0) is 16.3 Å². The zero-order chi connectivity index (χ0) is 10.1. The lowest BCUT2D eigenvalue weighted by atomic mass is 10.2. The van der Waals surface area contributed by atoms with Crippen molar-refractivity contribution < 1.29 is 8.42 Å².